The fraction of sp³-hybridized carbons (Fsp3) is 0.375. The van der Waals surface area contributed by atoms with Gasteiger partial charge in [0, 0.05) is 11.4 Å². The first-order valence-corrected chi connectivity index (χ1v) is 7.87. The molecule has 4 rings (SSSR count). The molecule has 0 radical (unpaired) electrons. The SMILES string of the molecule is Nc1nc(CN2CCC[C@@H]2Cn2cncn2)nc2ccccc12. The van der Waals surface area contributed by atoms with Crippen LogP contribution in [0.4, 0.5) is 5.82 Å². The predicted molar refractivity (Wildman–Crippen MR) is 87.4 cm³/mol. The Morgan fingerprint density at radius 1 is 1.22 bits per heavy atom. The second-order valence-corrected chi connectivity index (χ2v) is 5.93. The molecular weight excluding hydrogens is 290 g/mol. The number of anilines is 1. The molecular formula is C16H19N7. The van der Waals surface area contributed by atoms with Gasteiger partial charge in [0.15, 0.2) is 0 Å². The average Bonchev–Trinajstić information content (AvgIpc) is 3.21. The lowest BCUT2D eigenvalue weighted by molar-refractivity contribution is 0.214. The number of nitrogens with two attached hydrogens (primary N) is 1. The molecule has 1 atom stereocenters. The molecule has 0 aliphatic carbocycles. The fourth-order valence-corrected chi connectivity index (χ4v) is 3.26. The Labute approximate surface area is 134 Å². The third-order valence-corrected chi connectivity index (χ3v) is 4.39. The van der Waals surface area contributed by atoms with Crippen LogP contribution in [0.15, 0.2) is 36.9 Å². The molecule has 1 fully saturated rings. The zero-order valence-electron chi connectivity index (χ0n) is 12.8. The van der Waals surface area contributed by atoms with E-state index < -0.39 is 0 Å². The lowest BCUT2D eigenvalue weighted by atomic mass is 10.2. The standard InChI is InChI=1S/C16H19N7/c17-16-13-5-1-2-6-14(13)20-15(21-16)9-22-7-3-4-12(22)8-23-11-18-10-19-23/h1-2,5-6,10-12H,3-4,7-9H2,(H2,17,20,21)/t12-/m1/s1. The summed E-state index contributed by atoms with van der Waals surface area (Å²) in [6, 6.07) is 8.30. The van der Waals surface area contributed by atoms with Crippen molar-refractivity contribution in [1.29, 1.82) is 0 Å². The molecule has 3 heterocycles. The first-order valence-electron chi connectivity index (χ1n) is 7.87. The van der Waals surface area contributed by atoms with Crippen molar-refractivity contribution in [3.05, 3.63) is 42.7 Å². The topological polar surface area (TPSA) is 85.8 Å². The summed E-state index contributed by atoms with van der Waals surface area (Å²) in [6.45, 7) is 2.62. The molecule has 1 aromatic carbocycles. The van der Waals surface area contributed by atoms with Gasteiger partial charge in [0.25, 0.3) is 0 Å². The molecule has 0 amide bonds. The number of hydrogen-bond donors (Lipinski definition) is 1. The fourth-order valence-electron chi connectivity index (χ4n) is 3.26. The van der Waals surface area contributed by atoms with Gasteiger partial charge in [-0.25, -0.2) is 15.0 Å². The quantitative estimate of drug-likeness (QED) is 0.785. The van der Waals surface area contributed by atoms with Crippen LogP contribution < -0.4 is 5.73 Å². The van der Waals surface area contributed by atoms with Crippen LogP contribution in [0, 0.1) is 0 Å². The average molecular weight is 309 g/mol. The van der Waals surface area contributed by atoms with Gasteiger partial charge in [0.2, 0.25) is 0 Å². The zero-order chi connectivity index (χ0) is 15.6. The molecule has 3 aromatic rings. The minimum atomic E-state index is 0.438. The molecule has 2 N–H and O–H groups in total. The van der Waals surface area contributed by atoms with Crippen LogP contribution in [0.1, 0.15) is 18.7 Å². The van der Waals surface area contributed by atoms with Gasteiger partial charge in [0.05, 0.1) is 18.6 Å². The molecule has 0 bridgehead atoms. The number of benzene rings is 1. The highest BCUT2D eigenvalue weighted by atomic mass is 15.3. The van der Waals surface area contributed by atoms with Crippen molar-refractivity contribution in [2.24, 2.45) is 0 Å². The van der Waals surface area contributed by atoms with Crippen LogP contribution in [0.3, 0.4) is 0 Å². The van der Waals surface area contributed by atoms with Crippen molar-refractivity contribution in [2.75, 3.05) is 12.3 Å². The van der Waals surface area contributed by atoms with Crippen LogP contribution in [-0.4, -0.2) is 42.2 Å². The van der Waals surface area contributed by atoms with Crippen LogP contribution in [0.5, 0.6) is 0 Å². The molecule has 2 aromatic heterocycles. The first kappa shape index (κ1) is 14.1. The van der Waals surface area contributed by atoms with Gasteiger partial charge in [0.1, 0.15) is 24.3 Å². The van der Waals surface area contributed by atoms with Gasteiger partial charge in [-0.05, 0) is 31.5 Å². The number of nitrogen functional groups attached to an aromatic ring is 1. The van der Waals surface area contributed by atoms with Crippen molar-refractivity contribution >= 4 is 16.7 Å². The summed E-state index contributed by atoms with van der Waals surface area (Å²) in [5.74, 6) is 1.34. The third kappa shape index (κ3) is 2.87. The molecule has 0 saturated carbocycles. The summed E-state index contributed by atoms with van der Waals surface area (Å²) in [6.07, 6.45) is 5.68. The number of likely N-dealkylation sites (tertiary alicyclic amines) is 1. The van der Waals surface area contributed by atoms with Gasteiger partial charge in [-0.1, -0.05) is 12.1 Å². The Kier molecular flexibility index (Phi) is 3.63. The van der Waals surface area contributed by atoms with E-state index in [-0.39, 0.29) is 0 Å². The van der Waals surface area contributed by atoms with Crippen molar-refractivity contribution in [3.8, 4) is 0 Å². The van der Waals surface area contributed by atoms with E-state index in [2.05, 4.69) is 25.0 Å². The molecule has 118 valence electrons. The Hall–Kier alpha value is -2.54. The molecule has 0 spiro atoms. The van der Waals surface area contributed by atoms with E-state index in [1.165, 1.54) is 6.42 Å². The summed E-state index contributed by atoms with van der Waals surface area (Å²) in [5.41, 5.74) is 6.99. The van der Waals surface area contributed by atoms with Crippen molar-refractivity contribution in [3.63, 3.8) is 0 Å². The molecule has 1 saturated heterocycles. The molecule has 7 heteroatoms. The van der Waals surface area contributed by atoms with Gasteiger partial charge in [-0.3, -0.25) is 9.58 Å². The Morgan fingerprint density at radius 2 is 2.13 bits per heavy atom. The number of rotatable bonds is 4. The van der Waals surface area contributed by atoms with Gasteiger partial charge < -0.3 is 5.73 Å². The van der Waals surface area contributed by atoms with Crippen molar-refractivity contribution in [1.82, 2.24) is 29.6 Å². The Morgan fingerprint density at radius 3 is 3.00 bits per heavy atom. The van der Waals surface area contributed by atoms with E-state index >= 15 is 0 Å². The predicted octanol–water partition coefficient (Wildman–Crippen LogP) is 1.47. The highest BCUT2D eigenvalue weighted by Crippen LogP contribution is 2.22. The Balaban J connectivity index is 1.54. The number of nitrogens with zero attached hydrogens (tertiary/aromatic N) is 6. The van der Waals surface area contributed by atoms with Crippen LogP contribution in [0.2, 0.25) is 0 Å². The van der Waals surface area contributed by atoms with E-state index in [0.29, 0.717) is 18.4 Å². The summed E-state index contributed by atoms with van der Waals surface area (Å²) < 4.78 is 1.89. The number of aromatic nitrogens is 5. The maximum absolute atomic E-state index is 6.08. The van der Waals surface area contributed by atoms with Gasteiger partial charge in [-0.15, -0.1) is 0 Å². The zero-order valence-corrected chi connectivity index (χ0v) is 12.8. The van der Waals surface area contributed by atoms with Crippen molar-refractivity contribution < 1.29 is 0 Å². The minimum absolute atomic E-state index is 0.438. The lowest BCUT2D eigenvalue weighted by Crippen LogP contribution is -2.33. The normalized spacial score (nSPS) is 18.7. The van der Waals surface area contributed by atoms with E-state index in [9.17, 15) is 0 Å². The van der Waals surface area contributed by atoms with E-state index in [1.54, 1.807) is 12.7 Å². The van der Waals surface area contributed by atoms with E-state index in [0.717, 1.165) is 36.2 Å². The summed E-state index contributed by atoms with van der Waals surface area (Å²) in [4.78, 5) is 15.6. The molecule has 1 aliphatic rings. The number of hydrogen-bond acceptors (Lipinski definition) is 6. The van der Waals surface area contributed by atoms with Crippen LogP contribution in [-0.2, 0) is 13.1 Å². The third-order valence-electron chi connectivity index (χ3n) is 4.39. The van der Waals surface area contributed by atoms with Crippen molar-refractivity contribution in [2.45, 2.75) is 32.0 Å². The van der Waals surface area contributed by atoms with Crippen LogP contribution >= 0.6 is 0 Å². The molecule has 1 aliphatic heterocycles. The molecule has 7 nitrogen and oxygen atoms in total. The Bertz CT molecular complexity index is 799. The molecule has 23 heavy (non-hydrogen) atoms. The minimum Gasteiger partial charge on any atom is -0.383 e. The summed E-state index contributed by atoms with van der Waals surface area (Å²) in [7, 11) is 0. The largest absolute Gasteiger partial charge is 0.383 e. The molecule has 0 unspecified atom stereocenters. The summed E-state index contributed by atoms with van der Waals surface area (Å²) in [5, 5.41) is 5.12. The lowest BCUT2D eigenvalue weighted by Gasteiger charge is -2.23. The number of para-hydroxylation sites is 1. The maximum Gasteiger partial charge on any atom is 0.145 e. The van der Waals surface area contributed by atoms with Crippen LogP contribution in [0.25, 0.3) is 10.9 Å². The highest BCUT2D eigenvalue weighted by molar-refractivity contribution is 5.87. The van der Waals surface area contributed by atoms with Gasteiger partial charge in [-0.2, -0.15) is 5.10 Å². The van der Waals surface area contributed by atoms with E-state index in [4.69, 9.17) is 5.73 Å². The monoisotopic (exact) mass is 309 g/mol. The smallest absolute Gasteiger partial charge is 0.145 e. The highest BCUT2D eigenvalue weighted by Gasteiger charge is 2.26. The van der Waals surface area contributed by atoms with E-state index in [1.807, 2.05) is 28.9 Å². The first-order chi connectivity index (χ1) is 11.3. The van der Waals surface area contributed by atoms with Gasteiger partial charge >= 0.3 is 0 Å². The summed E-state index contributed by atoms with van der Waals surface area (Å²) >= 11 is 0. The second-order valence-electron chi connectivity index (χ2n) is 5.93. The second kappa shape index (κ2) is 5.92. The number of fused-ring (bicyclic) bond motifs is 1. The maximum atomic E-state index is 6.08.